The van der Waals surface area contributed by atoms with Crippen LogP contribution in [0.4, 0.5) is 0 Å². The van der Waals surface area contributed by atoms with Gasteiger partial charge in [0.15, 0.2) is 5.82 Å². The SMILES string of the molecule is CCn1ncnc1COc1ccc(CCl)nc1. The molecule has 0 atom stereocenters. The van der Waals surface area contributed by atoms with E-state index in [1.807, 2.05) is 19.1 Å². The van der Waals surface area contributed by atoms with Gasteiger partial charge in [0.25, 0.3) is 0 Å². The number of aryl methyl sites for hydroxylation is 1. The standard InChI is InChI=1S/C11H13ClN4O/c1-2-16-11(14-8-15-16)7-17-10-4-3-9(5-12)13-6-10/h3-4,6,8H,2,5,7H2,1H3. The summed E-state index contributed by atoms with van der Waals surface area (Å²) in [5.41, 5.74) is 0.829. The molecular formula is C11H13ClN4O. The van der Waals surface area contributed by atoms with Crippen molar-refractivity contribution >= 4 is 11.6 Å². The molecule has 6 heteroatoms. The molecule has 0 aliphatic carbocycles. The van der Waals surface area contributed by atoms with Crippen molar-refractivity contribution in [1.82, 2.24) is 19.7 Å². The Morgan fingerprint density at radius 3 is 2.88 bits per heavy atom. The number of halogens is 1. The molecule has 0 saturated heterocycles. The summed E-state index contributed by atoms with van der Waals surface area (Å²) in [6.07, 6.45) is 3.18. The Morgan fingerprint density at radius 2 is 2.24 bits per heavy atom. The molecule has 0 aromatic carbocycles. The Bertz CT molecular complexity index is 469. The van der Waals surface area contributed by atoms with Crippen LogP contribution >= 0.6 is 11.6 Å². The van der Waals surface area contributed by atoms with Gasteiger partial charge in [0.05, 0.1) is 17.8 Å². The summed E-state index contributed by atoms with van der Waals surface area (Å²) in [4.78, 5) is 8.26. The molecule has 0 saturated carbocycles. The van der Waals surface area contributed by atoms with E-state index in [1.165, 1.54) is 6.33 Å². The zero-order valence-corrected chi connectivity index (χ0v) is 10.3. The van der Waals surface area contributed by atoms with Gasteiger partial charge in [-0.1, -0.05) is 0 Å². The number of hydrogen-bond donors (Lipinski definition) is 0. The van der Waals surface area contributed by atoms with Crippen LogP contribution < -0.4 is 4.74 Å². The van der Waals surface area contributed by atoms with E-state index in [0.29, 0.717) is 18.2 Å². The number of ether oxygens (including phenoxy) is 1. The van der Waals surface area contributed by atoms with Gasteiger partial charge >= 0.3 is 0 Å². The topological polar surface area (TPSA) is 52.8 Å². The van der Waals surface area contributed by atoms with Gasteiger partial charge in [-0.15, -0.1) is 11.6 Å². The summed E-state index contributed by atoms with van der Waals surface area (Å²) < 4.78 is 7.36. The number of aromatic nitrogens is 4. The van der Waals surface area contributed by atoms with Crippen LogP contribution in [0.3, 0.4) is 0 Å². The van der Waals surface area contributed by atoms with Crippen LogP contribution in [0.25, 0.3) is 0 Å². The fraction of sp³-hybridized carbons (Fsp3) is 0.364. The maximum Gasteiger partial charge on any atom is 0.164 e. The Morgan fingerprint density at radius 1 is 1.35 bits per heavy atom. The highest BCUT2D eigenvalue weighted by atomic mass is 35.5. The van der Waals surface area contributed by atoms with Crippen molar-refractivity contribution in [3.05, 3.63) is 36.2 Å². The summed E-state index contributed by atoms with van der Waals surface area (Å²) >= 11 is 5.65. The second kappa shape index (κ2) is 5.63. The number of alkyl halides is 1. The number of pyridine rings is 1. The molecule has 0 fully saturated rings. The average Bonchev–Trinajstić information content (AvgIpc) is 2.84. The van der Waals surface area contributed by atoms with Gasteiger partial charge in [0.2, 0.25) is 0 Å². The van der Waals surface area contributed by atoms with Gasteiger partial charge in [0, 0.05) is 6.54 Å². The minimum absolute atomic E-state index is 0.385. The maximum absolute atomic E-state index is 5.65. The zero-order valence-electron chi connectivity index (χ0n) is 9.51. The lowest BCUT2D eigenvalue weighted by molar-refractivity contribution is 0.286. The summed E-state index contributed by atoms with van der Waals surface area (Å²) in [7, 11) is 0. The molecule has 0 aliphatic heterocycles. The lowest BCUT2D eigenvalue weighted by atomic mass is 10.4. The van der Waals surface area contributed by atoms with Crippen molar-refractivity contribution in [2.24, 2.45) is 0 Å². The smallest absolute Gasteiger partial charge is 0.164 e. The number of nitrogens with zero attached hydrogens (tertiary/aromatic N) is 4. The van der Waals surface area contributed by atoms with E-state index in [1.54, 1.807) is 10.9 Å². The van der Waals surface area contributed by atoms with Gasteiger partial charge in [0.1, 0.15) is 18.7 Å². The summed E-state index contributed by atoms with van der Waals surface area (Å²) in [6.45, 7) is 3.17. The molecule has 0 spiro atoms. The van der Waals surface area contributed by atoms with Crippen LogP contribution in [-0.2, 0) is 19.0 Å². The first kappa shape index (κ1) is 11.9. The number of rotatable bonds is 5. The van der Waals surface area contributed by atoms with Crippen LogP contribution in [0.2, 0.25) is 0 Å². The molecule has 17 heavy (non-hydrogen) atoms. The first-order valence-corrected chi connectivity index (χ1v) is 5.87. The Kier molecular flexibility index (Phi) is 3.93. The highest BCUT2D eigenvalue weighted by Crippen LogP contribution is 2.12. The van der Waals surface area contributed by atoms with Crippen molar-refractivity contribution in [2.75, 3.05) is 0 Å². The van der Waals surface area contributed by atoms with Crippen LogP contribution in [0.1, 0.15) is 18.4 Å². The van der Waals surface area contributed by atoms with E-state index in [4.69, 9.17) is 16.3 Å². The highest BCUT2D eigenvalue weighted by molar-refractivity contribution is 6.16. The van der Waals surface area contributed by atoms with Gasteiger partial charge in [-0.25, -0.2) is 9.67 Å². The molecule has 0 bridgehead atoms. The fourth-order valence-electron chi connectivity index (χ4n) is 1.39. The molecule has 0 amide bonds. The predicted octanol–water partition coefficient (Wildman–Crippen LogP) is 2.01. The molecule has 0 N–H and O–H groups in total. The molecule has 0 unspecified atom stereocenters. The van der Waals surface area contributed by atoms with Gasteiger partial charge in [-0.05, 0) is 19.1 Å². The quantitative estimate of drug-likeness (QED) is 0.764. The second-order valence-corrected chi connectivity index (χ2v) is 3.67. The van der Waals surface area contributed by atoms with E-state index in [9.17, 15) is 0 Å². The van der Waals surface area contributed by atoms with Crippen molar-refractivity contribution in [3.63, 3.8) is 0 Å². The summed E-state index contributed by atoms with van der Waals surface area (Å²) in [5.74, 6) is 1.91. The molecule has 0 radical (unpaired) electrons. The van der Waals surface area contributed by atoms with Crippen LogP contribution in [0, 0.1) is 0 Å². The van der Waals surface area contributed by atoms with E-state index in [0.717, 1.165) is 18.1 Å². The monoisotopic (exact) mass is 252 g/mol. The van der Waals surface area contributed by atoms with E-state index in [-0.39, 0.29) is 0 Å². The minimum atomic E-state index is 0.385. The van der Waals surface area contributed by atoms with Crippen LogP contribution in [0.5, 0.6) is 5.75 Å². The van der Waals surface area contributed by atoms with E-state index in [2.05, 4.69) is 15.1 Å². The van der Waals surface area contributed by atoms with E-state index >= 15 is 0 Å². The third kappa shape index (κ3) is 2.94. The second-order valence-electron chi connectivity index (χ2n) is 3.40. The van der Waals surface area contributed by atoms with Crippen molar-refractivity contribution in [2.45, 2.75) is 26.0 Å². The summed E-state index contributed by atoms with van der Waals surface area (Å²) in [5, 5.41) is 4.07. The molecule has 0 aliphatic rings. The Balaban J connectivity index is 1.97. The molecule has 90 valence electrons. The maximum atomic E-state index is 5.65. The van der Waals surface area contributed by atoms with Crippen LogP contribution in [0.15, 0.2) is 24.7 Å². The molecule has 2 rings (SSSR count). The van der Waals surface area contributed by atoms with Gasteiger partial charge in [-0.2, -0.15) is 5.10 Å². The van der Waals surface area contributed by atoms with Gasteiger partial charge in [-0.3, -0.25) is 4.98 Å². The largest absolute Gasteiger partial charge is 0.484 e. The summed E-state index contributed by atoms with van der Waals surface area (Å²) in [6, 6.07) is 3.68. The van der Waals surface area contributed by atoms with Gasteiger partial charge < -0.3 is 4.74 Å². The molecule has 5 nitrogen and oxygen atoms in total. The van der Waals surface area contributed by atoms with Crippen molar-refractivity contribution < 1.29 is 4.74 Å². The van der Waals surface area contributed by atoms with E-state index < -0.39 is 0 Å². The first-order valence-electron chi connectivity index (χ1n) is 5.34. The third-order valence-corrected chi connectivity index (χ3v) is 2.57. The third-order valence-electron chi connectivity index (χ3n) is 2.30. The Labute approximate surface area is 104 Å². The molecule has 2 aromatic rings. The minimum Gasteiger partial charge on any atom is -0.484 e. The lowest BCUT2D eigenvalue weighted by Gasteiger charge is -2.06. The van der Waals surface area contributed by atoms with Crippen LogP contribution in [-0.4, -0.2) is 19.7 Å². The zero-order chi connectivity index (χ0) is 12.1. The Hall–Kier alpha value is -1.62. The number of hydrogen-bond acceptors (Lipinski definition) is 4. The lowest BCUT2D eigenvalue weighted by Crippen LogP contribution is -2.07. The fourth-order valence-corrected chi connectivity index (χ4v) is 1.55. The first-order chi connectivity index (χ1) is 8.33. The average molecular weight is 253 g/mol. The molecule has 2 heterocycles. The molecule has 2 aromatic heterocycles. The normalized spacial score (nSPS) is 10.5. The molecular weight excluding hydrogens is 240 g/mol. The predicted molar refractivity (Wildman–Crippen MR) is 63.8 cm³/mol. The van der Waals surface area contributed by atoms with Crippen molar-refractivity contribution in [3.8, 4) is 5.75 Å². The van der Waals surface area contributed by atoms with Crippen molar-refractivity contribution in [1.29, 1.82) is 0 Å². The highest BCUT2D eigenvalue weighted by Gasteiger charge is 2.03.